The predicted octanol–water partition coefficient (Wildman–Crippen LogP) is 3.57. The normalized spacial score (nSPS) is 18.2. The minimum Gasteiger partial charge on any atom is -0.443 e. The molecule has 2 amide bonds. The molecule has 2 aliphatic rings. The summed E-state index contributed by atoms with van der Waals surface area (Å²) in [6.45, 7) is 6.78. The topological polar surface area (TPSA) is 49.9 Å². The van der Waals surface area contributed by atoms with Crippen LogP contribution in [0.4, 0.5) is 16.2 Å². The molecule has 5 nitrogen and oxygen atoms in total. The first-order chi connectivity index (χ1) is 10.9. The third kappa shape index (κ3) is 3.49. The largest absolute Gasteiger partial charge is 0.443 e. The first-order valence-corrected chi connectivity index (χ1v) is 8.28. The molecule has 0 N–H and O–H groups in total. The average molecular weight is 316 g/mol. The van der Waals surface area contributed by atoms with E-state index < -0.39 is 5.60 Å². The molecule has 1 aliphatic heterocycles. The number of anilines is 2. The van der Waals surface area contributed by atoms with Crippen molar-refractivity contribution in [1.82, 2.24) is 0 Å². The molecule has 0 radical (unpaired) electrons. The molecule has 5 heteroatoms. The molecule has 0 bridgehead atoms. The Bertz CT molecular complexity index is 617. The van der Waals surface area contributed by atoms with E-state index in [1.165, 1.54) is 0 Å². The van der Waals surface area contributed by atoms with Gasteiger partial charge in [-0.1, -0.05) is 12.1 Å². The molecule has 23 heavy (non-hydrogen) atoms. The molecular weight excluding hydrogens is 292 g/mol. The fourth-order valence-corrected chi connectivity index (χ4v) is 2.83. The molecule has 1 aliphatic carbocycles. The van der Waals surface area contributed by atoms with Crippen LogP contribution in [-0.2, 0) is 9.53 Å². The van der Waals surface area contributed by atoms with Crippen molar-refractivity contribution in [3.63, 3.8) is 0 Å². The van der Waals surface area contributed by atoms with Crippen molar-refractivity contribution in [2.24, 2.45) is 5.92 Å². The quantitative estimate of drug-likeness (QED) is 0.796. The van der Waals surface area contributed by atoms with Gasteiger partial charge < -0.3 is 9.64 Å². The van der Waals surface area contributed by atoms with Crippen LogP contribution >= 0.6 is 0 Å². The lowest BCUT2D eigenvalue weighted by atomic mass is 10.2. The number of amides is 2. The zero-order valence-corrected chi connectivity index (χ0v) is 14.0. The SMILES string of the molecule is CC(C)(C)OC(=O)N1CCCN(C(=O)C2CC2)c2ccccc21. The molecule has 0 spiro atoms. The number of hydrogen-bond donors (Lipinski definition) is 0. The maximum atomic E-state index is 12.6. The Morgan fingerprint density at radius 1 is 1.04 bits per heavy atom. The highest BCUT2D eigenvalue weighted by atomic mass is 16.6. The van der Waals surface area contributed by atoms with Crippen LogP contribution in [0.5, 0.6) is 0 Å². The average Bonchev–Trinajstić information content (AvgIpc) is 3.31. The molecule has 1 saturated carbocycles. The molecule has 124 valence electrons. The smallest absolute Gasteiger partial charge is 0.414 e. The highest BCUT2D eigenvalue weighted by molar-refractivity contribution is 6.02. The van der Waals surface area contributed by atoms with Crippen LogP contribution in [0.3, 0.4) is 0 Å². The van der Waals surface area contributed by atoms with Crippen molar-refractivity contribution >= 4 is 23.4 Å². The van der Waals surface area contributed by atoms with Gasteiger partial charge in [0.05, 0.1) is 11.4 Å². The fraction of sp³-hybridized carbons (Fsp3) is 0.556. The number of nitrogens with zero attached hydrogens (tertiary/aromatic N) is 2. The maximum absolute atomic E-state index is 12.6. The molecule has 1 aromatic carbocycles. The molecular formula is C18H24N2O3. The number of hydrogen-bond acceptors (Lipinski definition) is 3. The van der Waals surface area contributed by atoms with Gasteiger partial charge in [0.25, 0.3) is 0 Å². The summed E-state index contributed by atoms with van der Waals surface area (Å²) in [7, 11) is 0. The van der Waals surface area contributed by atoms with E-state index in [1.807, 2.05) is 49.9 Å². The number of carbonyl (C=O) groups excluding carboxylic acids is 2. The van der Waals surface area contributed by atoms with Crippen LogP contribution in [0.2, 0.25) is 0 Å². The zero-order chi connectivity index (χ0) is 16.6. The summed E-state index contributed by atoms with van der Waals surface area (Å²) in [6.07, 6.45) is 2.35. The van der Waals surface area contributed by atoms with Crippen LogP contribution < -0.4 is 9.80 Å². The van der Waals surface area contributed by atoms with Crippen LogP contribution in [0.1, 0.15) is 40.0 Å². The zero-order valence-electron chi connectivity index (χ0n) is 14.0. The first-order valence-electron chi connectivity index (χ1n) is 8.28. The molecule has 3 rings (SSSR count). The summed E-state index contributed by atoms with van der Waals surface area (Å²) in [5.41, 5.74) is 1.03. The van der Waals surface area contributed by atoms with E-state index in [0.717, 1.165) is 30.6 Å². The number of carbonyl (C=O) groups is 2. The predicted molar refractivity (Wildman–Crippen MR) is 89.7 cm³/mol. The molecule has 0 saturated heterocycles. The van der Waals surface area contributed by atoms with E-state index in [4.69, 9.17) is 4.74 Å². The molecule has 1 heterocycles. The Balaban J connectivity index is 1.91. The Morgan fingerprint density at radius 3 is 2.17 bits per heavy atom. The standard InChI is InChI=1S/C18H24N2O3/c1-18(2,3)23-17(22)20-12-6-11-19(16(21)13-9-10-13)14-7-4-5-8-15(14)20/h4-5,7-8,13H,6,9-12H2,1-3H3. The highest BCUT2D eigenvalue weighted by Gasteiger charge is 2.37. The number of ether oxygens (including phenoxy) is 1. The van der Waals surface area contributed by atoms with Gasteiger partial charge in [-0.3, -0.25) is 9.69 Å². The van der Waals surface area contributed by atoms with Gasteiger partial charge in [0.2, 0.25) is 5.91 Å². The van der Waals surface area contributed by atoms with Gasteiger partial charge in [0, 0.05) is 19.0 Å². The lowest BCUT2D eigenvalue weighted by molar-refractivity contribution is -0.119. The van der Waals surface area contributed by atoms with E-state index in [0.29, 0.717) is 13.1 Å². The van der Waals surface area contributed by atoms with Gasteiger partial charge in [-0.05, 0) is 52.2 Å². The fourth-order valence-electron chi connectivity index (χ4n) is 2.83. The lowest BCUT2D eigenvalue weighted by Gasteiger charge is -2.28. The summed E-state index contributed by atoms with van der Waals surface area (Å²) in [4.78, 5) is 28.6. The Labute approximate surface area is 137 Å². The van der Waals surface area contributed by atoms with Crippen LogP contribution in [0, 0.1) is 5.92 Å². The van der Waals surface area contributed by atoms with Crippen molar-refractivity contribution in [3.05, 3.63) is 24.3 Å². The van der Waals surface area contributed by atoms with Crippen LogP contribution in [0.15, 0.2) is 24.3 Å². The molecule has 0 atom stereocenters. The van der Waals surface area contributed by atoms with Crippen LogP contribution in [-0.4, -0.2) is 30.7 Å². The number of rotatable bonds is 1. The van der Waals surface area contributed by atoms with Crippen LogP contribution in [0.25, 0.3) is 0 Å². The Hall–Kier alpha value is -2.04. The molecule has 1 aromatic rings. The summed E-state index contributed by atoms with van der Waals surface area (Å²) >= 11 is 0. The van der Waals surface area contributed by atoms with Gasteiger partial charge in [-0.2, -0.15) is 0 Å². The van der Waals surface area contributed by atoms with E-state index in [9.17, 15) is 9.59 Å². The number of benzene rings is 1. The van der Waals surface area contributed by atoms with Gasteiger partial charge in [0.15, 0.2) is 0 Å². The summed E-state index contributed by atoms with van der Waals surface area (Å²) in [5, 5.41) is 0. The van der Waals surface area contributed by atoms with Gasteiger partial charge in [-0.25, -0.2) is 4.79 Å². The number of para-hydroxylation sites is 2. The minimum absolute atomic E-state index is 0.163. The summed E-state index contributed by atoms with van der Waals surface area (Å²) in [6, 6.07) is 7.60. The minimum atomic E-state index is -0.540. The van der Waals surface area contributed by atoms with Gasteiger partial charge in [0.1, 0.15) is 5.60 Å². The van der Waals surface area contributed by atoms with Crippen molar-refractivity contribution in [1.29, 1.82) is 0 Å². The van der Waals surface area contributed by atoms with E-state index >= 15 is 0 Å². The van der Waals surface area contributed by atoms with Crippen molar-refractivity contribution in [2.45, 2.75) is 45.6 Å². The van der Waals surface area contributed by atoms with Crippen molar-refractivity contribution in [2.75, 3.05) is 22.9 Å². The third-order valence-corrected chi connectivity index (χ3v) is 4.03. The lowest BCUT2D eigenvalue weighted by Crippen LogP contribution is -2.37. The monoisotopic (exact) mass is 316 g/mol. The maximum Gasteiger partial charge on any atom is 0.414 e. The number of fused-ring (bicyclic) bond motifs is 1. The third-order valence-electron chi connectivity index (χ3n) is 4.03. The van der Waals surface area contributed by atoms with Crippen molar-refractivity contribution < 1.29 is 14.3 Å². The second-order valence-electron chi connectivity index (χ2n) is 7.24. The van der Waals surface area contributed by atoms with Crippen molar-refractivity contribution in [3.8, 4) is 0 Å². The highest BCUT2D eigenvalue weighted by Crippen LogP contribution is 2.38. The van der Waals surface area contributed by atoms with Gasteiger partial charge in [-0.15, -0.1) is 0 Å². The molecule has 0 unspecified atom stereocenters. The summed E-state index contributed by atoms with van der Waals surface area (Å²) in [5.74, 6) is 0.347. The summed E-state index contributed by atoms with van der Waals surface area (Å²) < 4.78 is 5.53. The van der Waals surface area contributed by atoms with Gasteiger partial charge >= 0.3 is 6.09 Å². The second kappa shape index (κ2) is 5.87. The molecule has 0 aromatic heterocycles. The van der Waals surface area contributed by atoms with E-state index in [2.05, 4.69) is 0 Å². The van der Waals surface area contributed by atoms with E-state index in [1.54, 1.807) is 4.90 Å². The first kappa shape index (κ1) is 15.8. The van der Waals surface area contributed by atoms with E-state index in [-0.39, 0.29) is 17.9 Å². The molecule has 1 fully saturated rings. The second-order valence-corrected chi connectivity index (χ2v) is 7.24. The Morgan fingerprint density at radius 2 is 1.61 bits per heavy atom. The Kier molecular flexibility index (Phi) is 4.04.